The highest BCUT2D eigenvalue weighted by molar-refractivity contribution is 6.32. The van der Waals surface area contributed by atoms with Crippen molar-refractivity contribution in [2.24, 2.45) is 0 Å². The zero-order valence-corrected chi connectivity index (χ0v) is 11.9. The molecule has 2 aromatic rings. The third-order valence-corrected chi connectivity index (χ3v) is 3.00. The van der Waals surface area contributed by atoms with Crippen molar-refractivity contribution in [3.63, 3.8) is 0 Å². The first kappa shape index (κ1) is 15.0. The van der Waals surface area contributed by atoms with Gasteiger partial charge in [0.2, 0.25) is 0 Å². The molecule has 8 heteroatoms. The summed E-state index contributed by atoms with van der Waals surface area (Å²) in [5.74, 6) is -1.06. The Balaban J connectivity index is 2.47. The molecule has 7 nitrogen and oxygen atoms in total. The van der Waals surface area contributed by atoms with E-state index in [-0.39, 0.29) is 11.6 Å². The first-order valence-electron chi connectivity index (χ1n) is 6.15. The van der Waals surface area contributed by atoms with Gasteiger partial charge in [0.05, 0.1) is 17.9 Å². The Morgan fingerprint density at radius 1 is 1.48 bits per heavy atom. The molecule has 21 heavy (non-hydrogen) atoms. The monoisotopic (exact) mass is 309 g/mol. The number of carbonyl (C=O) groups excluding carboxylic acids is 1. The molecule has 0 amide bonds. The van der Waals surface area contributed by atoms with Gasteiger partial charge in [0.1, 0.15) is 0 Å². The molecule has 1 aromatic carbocycles. The van der Waals surface area contributed by atoms with Crippen molar-refractivity contribution in [1.82, 2.24) is 9.78 Å². The summed E-state index contributed by atoms with van der Waals surface area (Å²) < 4.78 is 6.16. The van der Waals surface area contributed by atoms with Crippen molar-refractivity contribution >= 4 is 23.4 Å². The molecule has 2 rings (SSSR count). The van der Waals surface area contributed by atoms with Gasteiger partial charge in [-0.05, 0) is 17.4 Å². The van der Waals surface area contributed by atoms with Crippen LogP contribution in [0.3, 0.4) is 0 Å². The van der Waals surface area contributed by atoms with E-state index >= 15 is 0 Å². The molecule has 0 N–H and O–H groups in total. The molecule has 0 bridgehead atoms. The minimum atomic E-state index is -0.919. The van der Waals surface area contributed by atoms with E-state index in [2.05, 4.69) is 5.10 Å². The molecule has 0 fully saturated rings. The van der Waals surface area contributed by atoms with E-state index in [9.17, 15) is 14.9 Å². The van der Waals surface area contributed by atoms with Gasteiger partial charge < -0.3 is 14.9 Å². The number of hydrogen-bond donors (Lipinski definition) is 0. The van der Waals surface area contributed by atoms with Gasteiger partial charge in [0.15, 0.2) is 11.1 Å². The highest BCUT2D eigenvalue weighted by atomic mass is 35.5. The van der Waals surface area contributed by atoms with Crippen LogP contribution in [0.1, 0.15) is 18.5 Å². The molecule has 0 aliphatic carbocycles. The normalized spacial score (nSPS) is 11.9. The van der Waals surface area contributed by atoms with Crippen LogP contribution >= 0.6 is 11.6 Å². The number of carbonyl (C=O) groups is 1. The van der Waals surface area contributed by atoms with Gasteiger partial charge in [-0.2, -0.15) is 4.68 Å². The number of esters is 1. The minimum absolute atomic E-state index is 0.134. The van der Waals surface area contributed by atoms with Crippen LogP contribution in [0, 0.1) is 10.1 Å². The van der Waals surface area contributed by atoms with E-state index in [1.54, 1.807) is 37.3 Å². The zero-order valence-electron chi connectivity index (χ0n) is 11.1. The number of aromatic nitrogens is 2. The molecule has 0 spiro atoms. The van der Waals surface area contributed by atoms with Gasteiger partial charge in [0, 0.05) is 0 Å². The Morgan fingerprint density at radius 3 is 2.67 bits per heavy atom. The minimum Gasteiger partial charge on any atom is -0.464 e. The molecule has 1 atom stereocenters. The molecule has 0 saturated carbocycles. The summed E-state index contributed by atoms with van der Waals surface area (Å²) in [6.45, 7) is 1.87. The summed E-state index contributed by atoms with van der Waals surface area (Å²) in [6, 6.07) is 7.80. The first-order valence-corrected chi connectivity index (χ1v) is 6.53. The summed E-state index contributed by atoms with van der Waals surface area (Å²) in [6.07, 6.45) is 1.24. The lowest BCUT2D eigenvalue weighted by molar-refractivity contribution is -0.389. The van der Waals surface area contributed by atoms with Crippen molar-refractivity contribution < 1.29 is 14.5 Å². The SMILES string of the molecule is CCOC(=O)C(c1ccccc1)n1cc(Cl)c([N+](=O)[O-])n1. The van der Waals surface area contributed by atoms with Crippen LogP contribution in [0.5, 0.6) is 0 Å². The molecular formula is C13H12ClN3O4. The van der Waals surface area contributed by atoms with Crippen molar-refractivity contribution in [2.75, 3.05) is 6.61 Å². The molecular weight excluding hydrogens is 298 g/mol. The molecule has 1 unspecified atom stereocenters. The highest BCUT2D eigenvalue weighted by Gasteiger charge is 2.31. The van der Waals surface area contributed by atoms with Crippen molar-refractivity contribution in [1.29, 1.82) is 0 Å². The van der Waals surface area contributed by atoms with Gasteiger partial charge in [-0.15, -0.1) is 0 Å². The third-order valence-electron chi connectivity index (χ3n) is 2.73. The molecule has 0 aliphatic heterocycles. The number of benzene rings is 1. The van der Waals surface area contributed by atoms with Crippen LogP contribution in [0.15, 0.2) is 36.5 Å². The van der Waals surface area contributed by atoms with Gasteiger partial charge in [0.25, 0.3) is 0 Å². The summed E-state index contributed by atoms with van der Waals surface area (Å²) in [7, 11) is 0. The maximum atomic E-state index is 12.1. The molecule has 0 aliphatic rings. The average Bonchev–Trinajstić information content (AvgIpc) is 2.82. The Hall–Kier alpha value is -2.41. The maximum Gasteiger partial charge on any atom is 0.408 e. The van der Waals surface area contributed by atoms with Crippen LogP contribution in [0.25, 0.3) is 0 Å². The van der Waals surface area contributed by atoms with Gasteiger partial charge >= 0.3 is 11.8 Å². The number of ether oxygens (including phenoxy) is 1. The second-order valence-electron chi connectivity index (χ2n) is 4.10. The fourth-order valence-electron chi connectivity index (χ4n) is 1.87. The van der Waals surface area contributed by atoms with E-state index in [0.717, 1.165) is 4.68 Å². The number of nitrogens with zero attached hydrogens (tertiary/aromatic N) is 3. The fourth-order valence-corrected chi connectivity index (χ4v) is 2.08. The van der Waals surface area contributed by atoms with Crippen LogP contribution in [0.4, 0.5) is 5.82 Å². The first-order chi connectivity index (χ1) is 10.0. The Labute approximate surface area is 125 Å². The number of halogens is 1. The van der Waals surface area contributed by atoms with E-state index in [4.69, 9.17) is 16.3 Å². The lowest BCUT2D eigenvalue weighted by Crippen LogP contribution is -2.23. The van der Waals surface area contributed by atoms with Crippen LogP contribution in [-0.4, -0.2) is 27.3 Å². The molecule has 110 valence electrons. The summed E-state index contributed by atoms with van der Waals surface area (Å²) in [5, 5.41) is 14.5. The quantitative estimate of drug-likeness (QED) is 0.481. The van der Waals surface area contributed by atoms with E-state index in [1.165, 1.54) is 6.20 Å². The second-order valence-corrected chi connectivity index (χ2v) is 4.51. The molecule has 0 saturated heterocycles. The predicted molar refractivity (Wildman–Crippen MR) is 75.1 cm³/mol. The lowest BCUT2D eigenvalue weighted by atomic mass is 10.1. The topological polar surface area (TPSA) is 87.3 Å². The Morgan fingerprint density at radius 2 is 2.14 bits per heavy atom. The van der Waals surface area contributed by atoms with Gasteiger partial charge in [-0.25, -0.2) is 4.79 Å². The van der Waals surface area contributed by atoms with E-state index < -0.39 is 22.8 Å². The largest absolute Gasteiger partial charge is 0.464 e. The zero-order chi connectivity index (χ0) is 15.4. The highest BCUT2D eigenvalue weighted by Crippen LogP contribution is 2.27. The van der Waals surface area contributed by atoms with Crippen LogP contribution in [0.2, 0.25) is 5.02 Å². The van der Waals surface area contributed by atoms with E-state index in [1.807, 2.05) is 0 Å². The third kappa shape index (κ3) is 3.19. The fraction of sp³-hybridized carbons (Fsp3) is 0.231. The number of hydrogen-bond acceptors (Lipinski definition) is 5. The number of nitro groups is 1. The van der Waals surface area contributed by atoms with Crippen LogP contribution < -0.4 is 0 Å². The average molecular weight is 310 g/mol. The lowest BCUT2D eigenvalue weighted by Gasteiger charge is -2.13. The Kier molecular flexibility index (Phi) is 4.54. The molecule has 0 radical (unpaired) electrons. The van der Waals surface area contributed by atoms with Gasteiger partial charge in [-0.1, -0.05) is 41.9 Å². The Bertz CT molecular complexity index is 657. The standard InChI is InChI=1S/C13H12ClN3O4/c1-2-21-13(18)11(9-6-4-3-5-7-9)16-8-10(14)12(15-16)17(19)20/h3-8,11H,2H2,1H3. The summed E-state index contributed by atoms with van der Waals surface area (Å²) >= 11 is 5.78. The smallest absolute Gasteiger partial charge is 0.408 e. The molecule has 1 heterocycles. The molecule has 1 aromatic heterocycles. The summed E-state index contributed by atoms with van der Waals surface area (Å²) in [5.41, 5.74) is 0.602. The summed E-state index contributed by atoms with van der Waals surface area (Å²) in [4.78, 5) is 22.3. The maximum absolute atomic E-state index is 12.1. The number of rotatable bonds is 5. The van der Waals surface area contributed by atoms with E-state index in [0.29, 0.717) is 5.56 Å². The predicted octanol–water partition coefficient (Wildman–Crippen LogP) is 2.60. The van der Waals surface area contributed by atoms with Crippen molar-refractivity contribution in [3.8, 4) is 0 Å². The second kappa shape index (κ2) is 6.36. The van der Waals surface area contributed by atoms with Gasteiger partial charge in [-0.3, -0.25) is 0 Å². The van der Waals surface area contributed by atoms with Crippen molar-refractivity contribution in [3.05, 3.63) is 57.2 Å². The van der Waals surface area contributed by atoms with Crippen molar-refractivity contribution in [2.45, 2.75) is 13.0 Å². The van der Waals surface area contributed by atoms with Crippen LogP contribution in [-0.2, 0) is 9.53 Å².